The summed E-state index contributed by atoms with van der Waals surface area (Å²) in [6.07, 6.45) is 1.98. The third-order valence-electron chi connectivity index (χ3n) is 3.58. The highest BCUT2D eigenvalue weighted by Crippen LogP contribution is 2.33. The molecule has 0 saturated carbocycles. The summed E-state index contributed by atoms with van der Waals surface area (Å²) in [6.45, 7) is 2.40. The van der Waals surface area contributed by atoms with E-state index in [1.54, 1.807) is 12.1 Å². The van der Waals surface area contributed by atoms with Crippen molar-refractivity contribution in [2.24, 2.45) is 0 Å². The van der Waals surface area contributed by atoms with Crippen LogP contribution in [0, 0.1) is 0 Å². The molecular weight excluding hydrogens is 268 g/mol. The van der Waals surface area contributed by atoms with Crippen molar-refractivity contribution >= 4 is 17.5 Å². The Morgan fingerprint density at radius 2 is 2.10 bits per heavy atom. The number of fused-ring (bicyclic) bond motifs is 1. The van der Waals surface area contributed by atoms with Gasteiger partial charge in [0.2, 0.25) is 5.91 Å². The third-order valence-corrected chi connectivity index (χ3v) is 3.58. The molecule has 21 heavy (non-hydrogen) atoms. The number of carbonyl (C=O) groups excluding carboxylic acids is 2. The molecule has 108 valence electrons. The van der Waals surface area contributed by atoms with E-state index >= 15 is 0 Å². The lowest BCUT2D eigenvalue weighted by Crippen LogP contribution is -2.48. The highest BCUT2D eigenvalue weighted by molar-refractivity contribution is 6.10. The molecule has 5 nitrogen and oxygen atoms in total. The topological polar surface area (TPSA) is 62.6 Å². The molecular formula is C16H16N2O3. The molecule has 0 aliphatic carbocycles. The average Bonchev–Trinajstić information content (AvgIpc) is 3.14. The zero-order valence-corrected chi connectivity index (χ0v) is 11.7. The largest absolute Gasteiger partial charge is 0.459 e. The maximum absolute atomic E-state index is 12.6. The van der Waals surface area contributed by atoms with Crippen molar-refractivity contribution in [2.75, 3.05) is 11.4 Å². The van der Waals surface area contributed by atoms with Crippen LogP contribution >= 0.6 is 0 Å². The normalized spacial score (nSPS) is 16.6. The molecule has 0 saturated heterocycles. The molecule has 1 aromatic heterocycles. The zero-order chi connectivity index (χ0) is 14.8. The number of carbonyl (C=O) groups is 2. The van der Waals surface area contributed by atoms with Crippen LogP contribution < -0.4 is 10.2 Å². The quantitative estimate of drug-likeness (QED) is 0.937. The van der Waals surface area contributed by atoms with Crippen LogP contribution in [0.3, 0.4) is 0 Å². The number of furan rings is 1. The minimum Gasteiger partial charge on any atom is -0.459 e. The average molecular weight is 284 g/mol. The molecule has 0 bridgehead atoms. The number of nitrogens with one attached hydrogen (secondary N) is 1. The van der Waals surface area contributed by atoms with E-state index in [2.05, 4.69) is 5.32 Å². The molecule has 2 heterocycles. The molecule has 1 aromatic carbocycles. The molecule has 0 radical (unpaired) electrons. The Hall–Kier alpha value is -2.56. The van der Waals surface area contributed by atoms with Crippen molar-refractivity contribution in [1.29, 1.82) is 0 Å². The lowest BCUT2D eigenvalue weighted by Gasteiger charge is -2.23. The molecule has 3 rings (SSSR count). The van der Waals surface area contributed by atoms with Gasteiger partial charge in [0.15, 0.2) is 5.76 Å². The highest BCUT2D eigenvalue weighted by atomic mass is 16.3. The second kappa shape index (κ2) is 5.44. The number of para-hydroxylation sites is 1. The standard InChI is InChI=1S/C16H16N2O3/c1-2-17-15(19)13-10-11-6-3-4-7-12(11)18(13)16(20)14-8-5-9-21-14/h3-9,13H,2,10H2,1H3,(H,17,19). The summed E-state index contributed by atoms with van der Waals surface area (Å²) in [6, 6.07) is 10.3. The lowest BCUT2D eigenvalue weighted by molar-refractivity contribution is -0.122. The van der Waals surface area contributed by atoms with E-state index in [0.717, 1.165) is 11.3 Å². The van der Waals surface area contributed by atoms with Gasteiger partial charge in [-0.2, -0.15) is 0 Å². The number of nitrogens with zero attached hydrogens (tertiary/aromatic N) is 1. The van der Waals surface area contributed by atoms with E-state index in [-0.39, 0.29) is 17.6 Å². The molecule has 0 spiro atoms. The number of likely N-dealkylation sites (N-methyl/N-ethyl adjacent to an activating group) is 1. The Labute approximate surface area is 122 Å². The lowest BCUT2D eigenvalue weighted by atomic mass is 10.1. The van der Waals surface area contributed by atoms with Crippen LogP contribution in [-0.4, -0.2) is 24.4 Å². The highest BCUT2D eigenvalue weighted by Gasteiger charge is 2.39. The number of hydrogen-bond acceptors (Lipinski definition) is 3. The second-order valence-electron chi connectivity index (χ2n) is 4.90. The van der Waals surface area contributed by atoms with Gasteiger partial charge in [0.05, 0.1) is 6.26 Å². The van der Waals surface area contributed by atoms with Crippen molar-refractivity contribution in [1.82, 2.24) is 5.32 Å². The summed E-state index contributed by atoms with van der Waals surface area (Å²) in [7, 11) is 0. The first-order valence-electron chi connectivity index (χ1n) is 6.95. The van der Waals surface area contributed by atoms with Gasteiger partial charge in [0, 0.05) is 18.7 Å². The maximum Gasteiger partial charge on any atom is 0.294 e. The molecule has 1 atom stereocenters. The first-order valence-corrected chi connectivity index (χ1v) is 6.95. The number of hydrogen-bond donors (Lipinski definition) is 1. The van der Waals surface area contributed by atoms with Gasteiger partial charge in [0.25, 0.3) is 5.91 Å². The van der Waals surface area contributed by atoms with E-state index < -0.39 is 6.04 Å². The van der Waals surface area contributed by atoms with Gasteiger partial charge in [0.1, 0.15) is 6.04 Å². The fraction of sp³-hybridized carbons (Fsp3) is 0.250. The minimum atomic E-state index is -0.528. The first kappa shape index (κ1) is 13.4. The van der Waals surface area contributed by atoms with Crippen LogP contribution in [0.15, 0.2) is 47.1 Å². The van der Waals surface area contributed by atoms with Crippen LogP contribution in [0.25, 0.3) is 0 Å². The number of amides is 2. The minimum absolute atomic E-state index is 0.145. The van der Waals surface area contributed by atoms with Gasteiger partial charge in [-0.25, -0.2) is 0 Å². The summed E-state index contributed by atoms with van der Waals surface area (Å²) in [5.41, 5.74) is 1.77. The van der Waals surface area contributed by atoms with E-state index in [4.69, 9.17) is 4.42 Å². The maximum atomic E-state index is 12.6. The predicted octanol–water partition coefficient (Wildman–Crippen LogP) is 1.99. The molecule has 0 fully saturated rings. The van der Waals surface area contributed by atoms with Crippen LogP contribution in [0.4, 0.5) is 5.69 Å². The Bertz CT molecular complexity index is 664. The molecule has 1 N–H and O–H groups in total. The van der Waals surface area contributed by atoms with Gasteiger partial charge >= 0.3 is 0 Å². The Balaban J connectivity index is 1.99. The van der Waals surface area contributed by atoms with E-state index in [1.165, 1.54) is 11.2 Å². The summed E-state index contributed by atoms with van der Waals surface area (Å²) in [5.74, 6) is -0.198. The van der Waals surface area contributed by atoms with Crippen LogP contribution in [0.5, 0.6) is 0 Å². The number of benzene rings is 1. The molecule has 1 aliphatic heterocycles. The van der Waals surface area contributed by atoms with Crippen molar-refractivity contribution < 1.29 is 14.0 Å². The monoisotopic (exact) mass is 284 g/mol. The van der Waals surface area contributed by atoms with E-state index in [1.807, 2.05) is 31.2 Å². The Morgan fingerprint density at radius 1 is 1.29 bits per heavy atom. The van der Waals surface area contributed by atoms with Crippen molar-refractivity contribution in [3.63, 3.8) is 0 Å². The Kier molecular flexibility index (Phi) is 3.48. The number of rotatable bonds is 3. The second-order valence-corrected chi connectivity index (χ2v) is 4.90. The van der Waals surface area contributed by atoms with E-state index in [9.17, 15) is 9.59 Å². The van der Waals surface area contributed by atoms with Crippen LogP contribution in [0.1, 0.15) is 23.0 Å². The van der Waals surface area contributed by atoms with E-state index in [0.29, 0.717) is 13.0 Å². The zero-order valence-electron chi connectivity index (χ0n) is 11.7. The van der Waals surface area contributed by atoms with Gasteiger partial charge in [-0.1, -0.05) is 18.2 Å². The number of anilines is 1. The predicted molar refractivity (Wildman–Crippen MR) is 78.1 cm³/mol. The molecule has 1 unspecified atom stereocenters. The fourth-order valence-corrected chi connectivity index (χ4v) is 2.66. The Morgan fingerprint density at radius 3 is 2.81 bits per heavy atom. The van der Waals surface area contributed by atoms with Crippen LogP contribution in [-0.2, 0) is 11.2 Å². The van der Waals surface area contributed by atoms with Gasteiger partial charge < -0.3 is 9.73 Å². The van der Waals surface area contributed by atoms with Gasteiger partial charge in [-0.3, -0.25) is 14.5 Å². The third kappa shape index (κ3) is 2.31. The molecule has 5 heteroatoms. The first-order chi connectivity index (χ1) is 10.2. The summed E-state index contributed by atoms with van der Waals surface area (Å²) in [5, 5.41) is 2.79. The summed E-state index contributed by atoms with van der Waals surface area (Å²) < 4.78 is 5.19. The summed E-state index contributed by atoms with van der Waals surface area (Å²) >= 11 is 0. The fourth-order valence-electron chi connectivity index (χ4n) is 2.66. The van der Waals surface area contributed by atoms with Crippen molar-refractivity contribution in [2.45, 2.75) is 19.4 Å². The smallest absolute Gasteiger partial charge is 0.294 e. The van der Waals surface area contributed by atoms with Gasteiger partial charge in [-0.15, -0.1) is 0 Å². The van der Waals surface area contributed by atoms with Crippen molar-refractivity contribution in [3.8, 4) is 0 Å². The molecule has 1 aliphatic rings. The summed E-state index contributed by atoms with van der Waals surface area (Å²) in [4.78, 5) is 26.4. The van der Waals surface area contributed by atoms with Gasteiger partial charge in [-0.05, 0) is 30.7 Å². The van der Waals surface area contributed by atoms with Crippen molar-refractivity contribution in [3.05, 3.63) is 54.0 Å². The van der Waals surface area contributed by atoms with Crippen LogP contribution in [0.2, 0.25) is 0 Å². The molecule has 2 aromatic rings. The molecule has 2 amide bonds. The SMILES string of the molecule is CCNC(=O)C1Cc2ccccc2N1C(=O)c1ccco1.